The molecule has 0 spiro atoms. The van der Waals surface area contributed by atoms with Gasteiger partial charge in [0, 0.05) is 24.2 Å². The van der Waals surface area contributed by atoms with E-state index in [0.717, 1.165) is 12.8 Å². The fraction of sp³-hybridized carbons (Fsp3) is 0.500. The summed E-state index contributed by atoms with van der Waals surface area (Å²) in [6.45, 7) is 0.568. The van der Waals surface area contributed by atoms with Crippen molar-refractivity contribution in [3.05, 3.63) is 28.2 Å². The molecule has 7 heteroatoms. The minimum Gasteiger partial charge on any atom is -0.482 e. The number of nitrogens with zero attached hydrogens (tertiary/aromatic N) is 1. The third-order valence-corrected chi connectivity index (χ3v) is 5.05. The topological polar surface area (TPSA) is 66.8 Å². The van der Waals surface area contributed by atoms with Crippen LogP contribution in [-0.2, 0) is 9.59 Å². The lowest BCUT2D eigenvalue weighted by molar-refractivity contribution is -0.142. The molecule has 1 saturated carbocycles. The second-order valence-electron chi connectivity index (χ2n) is 6.11. The van der Waals surface area contributed by atoms with Crippen molar-refractivity contribution in [2.75, 3.05) is 19.7 Å². The van der Waals surface area contributed by atoms with E-state index in [2.05, 4.69) is 0 Å². The third kappa shape index (κ3) is 3.72. The quantitative estimate of drug-likeness (QED) is 0.879. The number of halogens is 2. The molecular formula is C16H17Cl2NO4. The molecule has 1 aliphatic carbocycles. The molecule has 0 aromatic heterocycles. The Morgan fingerprint density at radius 3 is 2.65 bits per heavy atom. The number of amides is 1. The molecule has 1 amide bonds. The number of hydrogen-bond acceptors (Lipinski definition) is 3. The molecule has 3 rings (SSSR count). The number of carboxylic acid groups (broad SMARTS) is 1. The van der Waals surface area contributed by atoms with E-state index in [1.165, 1.54) is 0 Å². The van der Waals surface area contributed by atoms with Crippen LogP contribution in [0, 0.1) is 17.8 Å². The predicted molar refractivity (Wildman–Crippen MR) is 85.9 cm³/mol. The molecule has 1 aromatic carbocycles. The molecular weight excluding hydrogens is 341 g/mol. The van der Waals surface area contributed by atoms with E-state index in [-0.39, 0.29) is 25.0 Å². The van der Waals surface area contributed by atoms with Crippen LogP contribution in [0.1, 0.15) is 12.8 Å². The fourth-order valence-electron chi connectivity index (χ4n) is 3.11. The molecule has 1 aromatic rings. The summed E-state index contributed by atoms with van der Waals surface area (Å²) in [5, 5.41) is 10.2. The Morgan fingerprint density at radius 1 is 1.26 bits per heavy atom. The first-order valence-electron chi connectivity index (χ1n) is 7.54. The van der Waals surface area contributed by atoms with Gasteiger partial charge in [0.2, 0.25) is 0 Å². The predicted octanol–water partition coefficient (Wildman–Crippen LogP) is 2.94. The summed E-state index contributed by atoms with van der Waals surface area (Å²) in [7, 11) is 0. The largest absolute Gasteiger partial charge is 0.482 e. The number of likely N-dealkylation sites (tertiary alicyclic amines) is 1. The van der Waals surface area contributed by atoms with Crippen LogP contribution >= 0.6 is 23.2 Å². The Bertz CT molecular complexity index is 633. The highest BCUT2D eigenvalue weighted by molar-refractivity contribution is 6.34. The number of ether oxygens (including phenoxy) is 1. The zero-order chi connectivity index (χ0) is 16.6. The van der Waals surface area contributed by atoms with Crippen LogP contribution < -0.4 is 4.74 Å². The maximum atomic E-state index is 12.3. The average molecular weight is 358 g/mol. The second kappa shape index (κ2) is 6.57. The Kier molecular flexibility index (Phi) is 4.69. The maximum Gasteiger partial charge on any atom is 0.308 e. The lowest BCUT2D eigenvalue weighted by Crippen LogP contribution is -2.34. The maximum absolute atomic E-state index is 12.3. The molecule has 23 heavy (non-hydrogen) atoms. The van der Waals surface area contributed by atoms with Gasteiger partial charge in [0.1, 0.15) is 5.75 Å². The molecule has 5 nitrogen and oxygen atoms in total. The van der Waals surface area contributed by atoms with Gasteiger partial charge in [-0.3, -0.25) is 9.59 Å². The van der Waals surface area contributed by atoms with Gasteiger partial charge in [-0.15, -0.1) is 0 Å². The van der Waals surface area contributed by atoms with E-state index in [0.29, 0.717) is 28.3 Å². The normalized spacial score (nSPS) is 23.8. The number of carbonyl (C=O) groups excluding carboxylic acids is 1. The molecule has 1 saturated heterocycles. The lowest BCUT2D eigenvalue weighted by atomic mass is 9.92. The molecule has 0 unspecified atom stereocenters. The number of benzene rings is 1. The molecule has 1 N–H and O–H groups in total. The van der Waals surface area contributed by atoms with Crippen molar-refractivity contribution < 1.29 is 19.4 Å². The zero-order valence-corrected chi connectivity index (χ0v) is 13.9. The van der Waals surface area contributed by atoms with E-state index >= 15 is 0 Å². The summed E-state index contributed by atoms with van der Waals surface area (Å²) >= 11 is 11.9. The first kappa shape index (κ1) is 16.4. The number of aliphatic carboxylic acids is 1. The first-order chi connectivity index (χ1) is 11.0. The Balaban J connectivity index is 1.60. The van der Waals surface area contributed by atoms with Crippen LogP contribution in [0.25, 0.3) is 0 Å². The summed E-state index contributed by atoms with van der Waals surface area (Å²) in [5.41, 5.74) is 0. The molecule has 124 valence electrons. The number of carbonyl (C=O) groups is 2. The van der Waals surface area contributed by atoms with Crippen molar-refractivity contribution in [2.45, 2.75) is 12.8 Å². The Hall–Kier alpha value is -1.46. The van der Waals surface area contributed by atoms with Gasteiger partial charge in [0.25, 0.3) is 5.91 Å². The highest BCUT2D eigenvalue weighted by atomic mass is 35.5. The smallest absolute Gasteiger partial charge is 0.308 e. The highest BCUT2D eigenvalue weighted by Gasteiger charge is 2.46. The molecule has 2 atom stereocenters. The standard InChI is InChI=1S/C16H17Cl2NO4/c17-10-3-4-13(18)14(5-10)23-8-15(20)19-6-11(9-1-2-9)12(7-19)16(21)22/h3-5,9,11-12H,1-2,6-8H2,(H,21,22)/t11-,12+/m1/s1. The molecule has 1 aliphatic heterocycles. The van der Waals surface area contributed by atoms with Gasteiger partial charge in [-0.2, -0.15) is 0 Å². The first-order valence-corrected chi connectivity index (χ1v) is 8.29. The van der Waals surface area contributed by atoms with Crippen LogP contribution in [0.2, 0.25) is 10.0 Å². The molecule has 0 radical (unpaired) electrons. The summed E-state index contributed by atoms with van der Waals surface area (Å²) in [4.78, 5) is 25.3. The van der Waals surface area contributed by atoms with Crippen molar-refractivity contribution in [1.82, 2.24) is 4.90 Å². The van der Waals surface area contributed by atoms with Gasteiger partial charge in [-0.1, -0.05) is 23.2 Å². The monoisotopic (exact) mass is 357 g/mol. The Morgan fingerprint density at radius 2 is 2.00 bits per heavy atom. The molecule has 2 aliphatic rings. The van der Waals surface area contributed by atoms with Gasteiger partial charge in [0.05, 0.1) is 10.9 Å². The second-order valence-corrected chi connectivity index (χ2v) is 6.95. The minimum absolute atomic E-state index is 0.0613. The minimum atomic E-state index is -0.823. The van der Waals surface area contributed by atoms with Crippen molar-refractivity contribution in [3.63, 3.8) is 0 Å². The van der Waals surface area contributed by atoms with E-state index in [4.69, 9.17) is 27.9 Å². The number of hydrogen-bond donors (Lipinski definition) is 1. The molecule has 1 heterocycles. The zero-order valence-electron chi connectivity index (χ0n) is 12.4. The van der Waals surface area contributed by atoms with Crippen LogP contribution in [0.3, 0.4) is 0 Å². The van der Waals surface area contributed by atoms with Gasteiger partial charge < -0.3 is 14.7 Å². The van der Waals surface area contributed by atoms with Gasteiger partial charge in [-0.25, -0.2) is 0 Å². The van der Waals surface area contributed by atoms with Gasteiger partial charge >= 0.3 is 5.97 Å². The van der Waals surface area contributed by atoms with Crippen LogP contribution in [0.5, 0.6) is 5.75 Å². The summed E-state index contributed by atoms with van der Waals surface area (Å²) in [6, 6.07) is 4.79. The highest BCUT2D eigenvalue weighted by Crippen LogP contribution is 2.44. The molecule has 2 fully saturated rings. The van der Waals surface area contributed by atoms with Crippen LogP contribution in [-0.4, -0.2) is 41.6 Å². The average Bonchev–Trinajstić information content (AvgIpc) is 3.26. The van der Waals surface area contributed by atoms with Crippen LogP contribution in [0.15, 0.2) is 18.2 Å². The fourth-order valence-corrected chi connectivity index (χ4v) is 3.45. The Labute approximate surface area is 144 Å². The summed E-state index contributed by atoms with van der Waals surface area (Å²) in [5.74, 6) is -0.670. The summed E-state index contributed by atoms with van der Waals surface area (Å²) in [6.07, 6.45) is 2.12. The lowest BCUT2D eigenvalue weighted by Gasteiger charge is -2.17. The summed E-state index contributed by atoms with van der Waals surface area (Å²) < 4.78 is 5.44. The van der Waals surface area contributed by atoms with E-state index in [1.54, 1.807) is 23.1 Å². The molecule has 0 bridgehead atoms. The van der Waals surface area contributed by atoms with E-state index in [1.807, 2.05) is 0 Å². The van der Waals surface area contributed by atoms with Gasteiger partial charge in [0.15, 0.2) is 6.61 Å². The number of carboxylic acids is 1. The SMILES string of the molecule is O=C(O)[C@H]1CN(C(=O)COc2cc(Cl)ccc2Cl)C[C@@H]1C1CC1. The van der Waals surface area contributed by atoms with Crippen molar-refractivity contribution in [2.24, 2.45) is 17.8 Å². The third-order valence-electron chi connectivity index (χ3n) is 4.51. The number of rotatable bonds is 5. The van der Waals surface area contributed by atoms with Crippen molar-refractivity contribution in [3.8, 4) is 5.75 Å². The van der Waals surface area contributed by atoms with E-state index < -0.39 is 11.9 Å². The van der Waals surface area contributed by atoms with E-state index in [9.17, 15) is 14.7 Å². The van der Waals surface area contributed by atoms with Gasteiger partial charge in [-0.05, 0) is 36.8 Å². The van der Waals surface area contributed by atoms with Crippen LogP contribution in [0.4, 0.5) is 0 Å². The van der Waals surface area contributed by atoms with Crippen molar-refractivity contribution in [1.29, 1.82) is 0 Å². The van der Waals surface area contributed by atoms with Crippen molar-refractivity contribution >= 4 is 35.1 Å².